The van der Waals surface area contributed by atoms with Crippen LogP contribution in [0.3, 0.4) is 0 Å². The van der Waals surface area contributed by atoms with Crippen molar-refractivity contribution in [2.24, 2.45) is 0 Å². The maximum atomic E-state index is 11.3. The van der Waals surface area contributed by atoms with E-state index in [1.165, 1.54) is 32.5 Å². The van der Waals surface area contributed by atoms with E-state index in [0.717, 1.165) is 0 Å². The molecule has 1 aliphatic rings. The molecule has 1 rings (SSSR count). The number of carbonyl (C=O) groups is 3. The number of carbonyl (C=O) groups excluding carboxylic acids is 3. The van der Waals surface area contributed by atoms with Gasteiger partial charge in [0.15, 0.2) is 18.3 Å². The van der Waals surface area contributed by atoms with Crippen LogP contribution in [-0.4, -0.2) is 54.0 Å². The van der Waals surface area contributed by atoms with Crippen LogP contribution in [0, 0.1) is 0 Å². The molecule has 1 heterocycles. The zero-order valence-electron chi connectivity index (χ0n) is 12.7. The van der Waals surface area contributed by atoms with E-state index < -0.39 is 47.8 Å². The first-order valence-corrected chi connectivity index (χ1v) is 7.75. The van der Waals surface area contributed by atoms with Crippen molar-refractivity contribution in [3.05, 3.63) is 0 Å². The minimum atomic E-state index is -0.906. The second-order valence-corrected chi connectivity index (χ2v) is 5.60. The minimum Gasteiger partial charge on any atom is -0.456 e. The molecule has 0 aromatic heterocycles. The zero-order chi connectivity index (χ0) is 16.2. The maximum absolute atomic E-state index is 11.3. The molecule has 7 nitrogen and oxygen atoms in total. The largest absolute Gasteiger partial charge is 0.456 e. The third-order valence-electron chi connectivity index (χ3n) is 2.87. The molecule has 1 saturated heterocycles. The van der Waals surface area contributed by atoms with Gasteiger partial charge in [0.05, 0.1) is 6.10 Å². The molecule has 1 fully saturated rings. The van der Waals surface area contributed by atoms with Crippen LogP contribution < -0.4 is 0 Å². The molecule has 0 amide bonds. The van der Waals surface area contributed by atoms with Gasteiger partial charge in [-0.25, -0.2) is 0 Å². The topological polar surface area (TPSA) is 88.1 Å². The van der Waals surface area contributed by atoms with E-state index in [9.17, 15) is 14.4 Å². The van der Waals surface area contributed by atoms with E-state index in [1.54, 1.807) is 13.2 Å². The minimum absolute atomic E-state index is 0.498. The Labute approximate surface area is 127 Å². The number of hydrogen-bond donors (Lipinski definition) is 0. The molecule has 0 radical (unpaired) electrons. The van der Waals surface area contributed by atoms with Gasteiger partial charge in [0, 0.05) is 20.8 Å². The van der Waals surface area contributed by atoms with Gasteiger partial charge in [0.1, 0.15) is 5.44 Å². The Balaban J connectivity index is 3.08. The molecule has 0 aromatic carbocycles. The second-order valence-electron chi connectivity index (χ2n) is 4.67. The Hall–Kier alpha value is -1.28. The summed E-state index contributed by atoms with van der Waals surface area (Å²) in [5, 5.41) is 0. The molecule has 0 unspecified atom stereocenters. The van der Waals surface area contributed by atoms with Crippen LogP contribution in [0.25, 0.3) is 0 Å². The first-order chi connectivity index (χ1) is 9.76. The van der Waals surface area contributed by atoms with Crippen LogP contribution in [0.4, 0.5) is 0 Å². The van der Waals surface area contributed by atoms with Crippen molar-refractivity contribution in [3.63, 3.8) is 0 Å². The predicted octanol–water partition coefficient (Wildman–Crippen LogP) is 0.889. The quantitative estimate of drug-likeness (QED) is 0.557. The number of hydrogen-bond acceptors (Lipinski definition) is 8. The Kier molecular flexibility index (Phi) is 6.47. The zero-order valence-corrected chi connectivity index (χ0v) is 13.5. The summed E-state index contributed by atoms with van der Waals surface area (Å²) in [6, 6.07) is 0. The standard InChI is InChI=1S/C13H20O7S/c1-6-10(18-7(2)14)11(19-8(3)15)12(20-9(4)16)13(17-6)21-5/h6,10-13H,1-5H3/t6-,10+,11+,12-,13+/m0/s1. The Morgan fingerprint density at radius 3 is 1.71 bits per heavy atom. The predicted molar refractivity (Wildman–Crippen MR) is 74.5 cm³/mol. The summed E-state index contributed by atoms with van der Waals surface area (Å²) in [5.41, 5.74) is -0.514. The van der Waals surface area contributed by atoms with E-state index in [1.807, 2.05) is 0 Å². The van der Waals surface area contributed by atoms with Crippen LogP contribution in [-0.2, 0) is 33.3 Å². The van der Waals surface area contributed by atoms with Crippen molar-refractivity contribution in [1.82, 2.24) is 0 Å². The molecule has 1 aliphatic heterocycles. The van der Waals surface area contributed by atoms with Gasteiger partial charge in [-0.3, -0.25) is 14.4 Å². The summed E-state index contributed by atoms with van der Waals surface area (Å²) >= 11 is 1.32. The second kappa shape index (κ2) is 7.65. The maximum Gasteiger partial charge on any atom is 0.303 e. The smallest absolute Gasteiger partial charge is 0.303 e. The molecule has 21 heavy (non-hydrogen) atoms. The van der Waals surface area contributed by atoms with Crippen molar-refractivity contribution < 1.29 is 33.3 Å². The highest BCUT2D eigenvalue weighted by molar-refractivity contribution is 7.99. The van der Waals surface area contributed by atoms with Crippen LogP contribution in [0.15, 0.2) is 0 Å². The van der Waals surface area contributed by atoms with Gasteiger partial charge in [-0.15, -0.1) is 11.8 Å². The molecule has 0 saturated carbocycles. The van der Waals surface area contributed by atoms with Crippen molar-refractivity contribution >= 4 is 29.7 Å². The molecule has 5 atom stereocenters. The van der Waals surface area contributed by atoms with Gasteiger partial charge in [-0.1, -0.05) is 0 Å². The fourth-order valence-electron chi connectivity index (χ4n) is 2.16. The van der Waals surface area contributed by atoms with E-state index in [-0.39, 0.29) is 0 Å². The lowest BCUT2D eigenvalue weighted by atomic mass is 10.00. The third-order valence-corrected chi connectivity index (χ3v) is 3.71. The summed E-state index contributed by atoms with van der Waals surface area (Å²) in [5.74, 6) is -1.61. The summed E-state index contributed by atoms with van der Waals surface area (Å²) in [7, 11) is 0. The van der Waals surface area contributed by atoms with Gasteiger partial charge in [0.25, 0.3) is 0 Å². The fourth-order valence-corrected chi connectivity index (χ4v) is 2.92. The summed E-state index contributed by atoms with van der Waals surface area (Å²) in [4.78, 5) is 33.8. The highest BCUT2D eigenvalue weighted by atomic mass is 32.2. The molecule has 0 N–H and O–H groups in total. The average molecular weight is 320 g/mol. The van der Waals surface area contributed by atoms with Crippen molar-refractivity contribution in [3.8, 4) is 0 Å². The highest BCUT2D eigenvalue weighted by Gasteiger charge is 2.49. The molecule has 0 aliphatic carbocycles. The molecule has 0 spiro atoms. The normalized spacial score (nSPS) is 32.1. The molecular formula is C13H20O7S. The lowest BCUT2D eigenvalue weighted by Crippen LogP contribution is -2.59. The molecule has 120 valence electrons. The van der Waals surface area contributed by atoms with Crippen molar-refractivity contribution in [2.75, 3.05) is 6.26 Å². The third kappa shape index (κ3) is 4.89. The molecule has 0 aromatic rings. The monoisotopic (exact) mass is 320 g/mol. The SMILES string of the molecule is CS[C@H]1O[C@@H](C)[C@@H](OC(C)=O)[C@@H](OC(C)=O)[C@@H]1OC(C)=O. The van der Waals surface area contributed by atoms with Gasteiger partial charge < -0.3 is 18.9 Å². The van der Waals surface area contributed by atoms with E-state index in [0.29, 0.717) is 0 Å². The van der Waals surface area contributed by atoms with Crippen LogP contribution >= 0.6 is 11.8 Å². The van der Waals surface area contributed by atoms with Crippen molar-refractivity contribution in [1.29, 1.82) is 0 Å². The number of ether oxygens (including phenoxy) is 4. The summed E-state index contributed by atoms with van der Waals surface area (Å²) in [6.45, 7) is 5.45. The molecular weight excluding hydrogens is 300 g/mol. The number of rotatable bonds is 4. The fraction of sp³-hybridized carbons (Fsp3) is 0.769. The molecule has 0 bridgehead atoms. The Morgan fingerprint density at radius 2 is 1.29 bits per heavy atom. The summed E-state index contributed by atoms with van der Waals surface area (Å²) < 4.78 is 21.3. The number of thioether (sulfide) groups is 1. The van der Waals surface area contributed by atoms with E-state index >= 15 is 0 Å². The van der Waals surface area contributed by atoms with Crippen LogP contribution in [0.5, 0.6) is 0 Å². The first kappa shape index (κ1) is 17.8. The molecule has 8 heteroatoms. The Morgan fingerprint density at radius 1 is 0.857 bits per heavy atom. The van der Waals surface area contributed by atoms with E-state index in [2.05, 4.69) is 0 Å². The highest BCUT2D eigenvalue weighted by Crippen LogP contribution is 2.32. The van der Waals surface area contributed by atoms with Crippen molar-refractivity contribution in [2.45, 2.75) is 57.5 Å². The van der Waals surface area contributed by atoms with Crippen LogP contribution in [0.2, 0.25) is 0 Å². The summed E-state index contributed by atoms with van der Waals surface area (Å²) in [6.07, 6.45) is -1.30. The van der Waals surface area contributed by atoms with Gasteiger partial charge in [-0.2, -0.15) is 0 Å². The number of esters is 3. The average Bonchev–Trinajstić information content (AvgIpc) is 2.35. The lowest BCUT2D eigenvalue weighted by Gasteiger charge is -2.43. The lowest BCUT2D eigenvalue weighted by molar-refractivity contribution is -0.228. The Bertz CT molecular complexity index is 411. The first-order valence-electron chi connectivity index (χ1n) is 6.46. The van der Waals surface area contributed by atoms with Crippen LogP contribution in [0.1, 0.15) is 27.7 Å². The van der Waals surface area contributed by atoms with E-state index in [4.69, 9.17) is 18.9 Å². The van der Waals surface area contributed by atoms with Gasteiger partial charge in [-0.05, 0) is 13.2 Å². The van der Waals surface area contributed by atoms with Gasteiger partial charge >= 0.3 is 17.9 Å². The van der Waals surface area contributed by atoms with Gasteiger partial charge in [0.2, 0.25) is 0 Å².